The quantitative estimate of drug-likeness (QED) is 0.306. The number of aryl methyl sites for hydroxylation is 1. The molecule has 0 atom stereocenters. The van der Waals surface area contributed by atoms with Crippen LogP contribution in [0.3, 0.4) is 0 Å². The van der Waals surface area contributed by atoms with Crippen LogP contribution in [0.5, 0.6) is 5.75 Å². The molecule has 35 heavy (non-hydrogen) atoms. The summed E-state index contributed by atoms with van der Waals surface area (Å²) in [5, 5.41) is 8.76. The molecule has 0 saturated heterocycles. The van der Waals surface area contributed by atoms with Gasteiger partial charge in [0.15, 0.2) is 0 Å². The molecule has 0 heterocycles. The lowest BCUT2D eigenvalue weighted by Crippen LogP contribution is -2.32. The fraction of sp³-hybridized carbons (Fsp3) is 0.333. The van der Waals surface area contributed by atoms with Gasteiger partial charge in [0.05, 0.1) is 7.98 Å². The SMILES string of the molecule is [2H]C1(N(Cc2ccccc2OCCCCCC(=O)O)C(=O)c2ccc(-c3ccccc3C)cc2)CC1. The van der Waals surface area contributed by atoms with E-state index < -0.39 is 12.0 Å². The Morgan fingerprint density at radius 2 is 1.69 bits per heavy atom. The highest BCUT2D eigenvalue weighted by Gasteiger charge is 2.33. The highest BCUT2D eigenvalue weighted by atomic mass is 16.5. The fourth-order valence-electron chi connectivity index (χ4n) is 4.18. The number of carboxylic acid groups (broad SMARTS) is 1. The van der Waals surface area contributed by atoms with Gasteiger partial charge in [0.2, 0.25) is 0 Å². The molecule has 182 valence electrons. The lowest BCUT2D eigenvalue weighted by molar-refractivity contribution is -0.137. The summed E-state index contributed by atoms with van der Waals surface area (Å²) in [6.45, 7) is 2.86. The van der Waals surface area contributed by atoms with Gasteiger partial charge >= 0.3 is 5.97 Å². The maximum absolute atomic E-state index is 13.6. The summed E-state index contributed by atoms with van der Waals surface area (Å²) in [7, 11) is 0. The largest absolute Gasteiger partial charge is 0.493 e. The van der Waals surface area contributed by atoms with Crippen LogP contribution in [0.15, 0.2) is 72.8 Å². The Morgan fingerprint density at radius 3 is 2.40 bits per heavy atom. The molecule has 1 amide bonds. The van der Waals surface area contributed by atoms with E-state index in [9.17, 15) is 9.59 Å². The van der Waals surface area contributed by atoms with E-state index in [1.807, 2.05) is 60.7 Å². The molecule has 0 aromatic heterocycles. The molecule has 1 N–H and O–H groups in total. The number of nitrogens with zero attached hydrogens (tertiary/aromatic N) is 1. The molecule has 5 nitrogen and oxygen atoms in total. The monoisotopic (exact) mass is 472 g/mol. The number of carboxylic acids is 1. The Kier molecular flexibility index (Phi) is 7.74. The average Bonchev–Trinajstić information content (AvgIpc) is 3.63. The van der Waals surface area contributed by atoms with Gasteiger partial charge in [-0.3, -0.25) is 9.59 Å². The van der Waals surface area contributed by atoms with Gasteiger partial charge in [0, 0.05) is 30.1 Å². The van der Waals surface area contributed by atoms with Gasteiger partial charge in [-0.1, -0.05) is 54.6 Å². The first kappa shape index (κ1) is 23.2. The van der Waals surface area contributed by atoms with Gasteiger partial charge in [-0.15, -0.1) is 0 Å². The standard InChI is InChI=1S/C30H33NO4/c1-22-9-4-6-11-27(22)23-14-16-24(17-15-23)30(34)31(26-18-19-26)21-25-10-5-7-12-28(25)35-20-8-2-3-13-29(32)33/h4-7,9-12,14-17,26H,2-3,8,13,18-21H2,1H3,(H,32,33)/i26D. The van der Waals surface area contributed by atoms with Crippen molar-refractivity contribution in [1.82, 2.24) is 4.90 Å². The first-order valence-electron chi connectivity index (χ1n) is 12.8. The van der Waals surface area contributed by atoms with E-state index >= 15 is 0 Å². The minimum absolute atomic E-state index is 0.151. The van der Waals surface area contributed by atoms with E-state index in [0.717, 1.165) is 29.5 Å². The van der Waals surface area contributed by atoms with Crippen molar-refractivity contribution < 1.29 is 20.8 Å². The first-order chi connectivity index (χ1) is 17.4. The number of ether oxygens (including phenoxy) is 1. The molecule has 0 unspecified atom stereocenters. The Labute approximate surface area is 208 Å². The third-order valence-electron chi connectivity index (χ3n) is 6.28. The van der Waals surface area contributed by atoms with E-state index in [1.165, 1.54) is 5.56 Å². The molecule has 1 saturated carbocycles. The second kappa shape index (κ2) is 11.7. The van der Waals surface area contributed by atoms with Gasteiger partial charge in [0.1, 0.15) is 5.75 Å². The minimum Gasteiger partial charge on any atom is -0.493 e. The van der Waals surface area contributed by atoms with E-state index in [4.69, 9.17) is 11.2 Å². The molecular weight excluding hydrogens is 438 g/mol. The molecule has 5 heteroatoms. The molecule has 4 rings (SSSR count). The van der Waals surface area contributed by atoms with Gasteiger partial charge in [0.25, 0.3) is 5.91 Å². The maximum atomic E-state index is 13.6. The molecule has 3 aromatic rings. The predicted octanol–water partition coefficient (Wildman–Crippen LogP) is 6.49. The van der Waals surface area contributed by atoms with Crippen molar-refractivity contribution in [1.29, 1.82) is 0 Å². The van der Waals surface area contributed by atoms with Crippen molar-refractivity contribution >= 4 is 11.9 Å². The molecule has 1 aliphatic carbocycles. The van der Waals surface area contributed by atoms with E-state index in [-0.39, 0.29) is 12.3 Å². The molecular formula is C30H33NO4. The zero-order valence-corrected chi connectivity index (χ0v) is 20.2. The zero-order valence-electron chi connectivity index (χ0n) is 21.2. The lowest BCUT2D eigenvalue weighted by atomic mass is 9.99. The summed E-state index contributed by atoms with van der Waals surface area (Å²) in [6, 6.07) is 22.5. The number of aliphatic carboxylic acids is 1. The third kappa shape index (κ3) is 6.72. The zero-order chi connectivity index (χ0) is 25.5. The van der Waals surface area contributed by atoms with E-state index in [0.29, 0.717) is 43.7 Å². The Hall–Kier alpha value is -3.60. The molecule has 1 fully saturated rings. The fourth-order valence-corrected chi connectivity index (χ4v) is 4.18. The van der Waals surface area contributed by atoms with Gasteiger partial charge in [-0.05, 0) is 73.9 Å². The minimum atomic E-state index is -0.893. The number of hydrogen-bond donors (Lipinski definition) is 1. The van der Waals surface area contributed by atoms with Crippen molar-refractivity contribution in [3.63, 3.8) is 0 Å². The lowest BCUT2D eigenvalue weighted by Gasteiger charge is -2.24. The number of rotatable bonds is 12. The highest BCUT2D eigenvalue weighted by Crippen LogP contribution is 2.32. The average molecular weight is 473 g/mol. The van der Waals surface area contributed by atoms with Gasteiger partial charge < -0.3 is 14.7 Å². The van der Waals surface area contributed by atoms with Crippen LogP contribution < -0.4 is 4.74 Å². The molecule has 3 aromatic carbocycles. The van der Waals surface area contributed by atoms with Crippen LogP contribution in [0.2, 0.25) is 0 Å². The number of carbonyl (C=O) groups excluding carboxylic acids is 1. The van der Waals surface area contributed by atoms with Crippen molar-refractivity contribution in [2.75, 3.05) is 6.61 Å². The summed E-state index contributed by atoms with van der Waals surface area (Å²) in [5.41, 5.74) is 4.82. The Balaban J connectivity index is 1.45. The number of unbranched alkanes of at least 4 members (excludes halogenated alkanes) is 2. The topological polar surface area (TPSA) is 66.8 Å². The molecule has 0 bridgehead atoms. The number of carbonyl (C=O) groups is 2. The van der Waals surface area contributed by atoms with Crippen LogP contribution in [0.1, 0.15) is 61.4 Å². The number of amides is 1. The second-order valence-electron chi connectivity index (χ2n) is 9.01. The van der Waals surface area contributed by atoms with Crippen molar-refractivity contribution in [3.8, 4) is 16.9 Å². The Bertz CT molecular complexity index is 1200. The second-order valence-corrected chi connectivity index (χ2v) is 9.01. The van der Waals surface area contributed by atoms with Crippen LogP contribution in [0.4, 0.5) is 0 Å². The third-order valence-corrected chi connectivity index (χ3v) is 6.28. The normalized spacial score (nSPS) is 14.1. The summed E-state index contributed by atoms with van der Waals surface area (Å²) in [5.74, 6) is -0.227. The summed E-state index contributed by atoms with van der Waals surface area (Å²) in [6.07, 6.45) is 3.67. The molecule has 0 radical (unpaired) electrons. The predicted molar refractivity (Wildman–Crippen MR) is 138 cm³/mol. The highest BCUT2D eigenvalue weighted by molar-refractivity contribution is 5.95. The molecule has 0 aliphatic heterocycles. The van der Waals surface area contributed by atoms with Crippen LogP contribution in [0, 0.1) is 6.92 Å². The van der Waals surface area contributed by atoms with Crippen LogP contribution >= 0.6 is 0 Å². The number of hydrogen-bond acceptors (Lipinski definition) is 3. The first-order valence-corrected chi connectivity index (χ1v) is 12.3. The van der Waals surface area contributed by atoms with Crippen molar-refractivity contribution in [2.45, 2.75) is 58.0 Å². The number of para-hydroxylation sites is 1. The van der Waals surface area contributed by atoms with E-state index in [2.05, 4.69) is 19.1 Å². The smallest absolute Gasteiger partial charge is 0.303 e. The van der Waals surface area contributed by atoms with Crippen LogP contribution in [0.25, 0.3) is 11.1 Å². The van der Waals surface area contributed by atoms with Crippen LogP contribution in [-0.4, -0.2) is 34.5 Å². The Morgan fingerprint density at radius 1 is 0.971 bits per heavy atom. The number of benzene rings is 3. The van der Waals surface area contributed by atoms with Crippen LogP contribution in [-0.2, 0) is 11.3 Å². The van der Waals surface area contributed by atoms with Gasteiger partial charge in [-0.25, -0.2) is 0 Å². The molecule has 0 spiro atoms. The summed E-state index contributed by atoms with van der Waals surface area (Å²) >= 11 is 0. The summed E-state index contributed by atoms with van der Waals surface area (Å²) < 4.78 is 14.8. The molecule has 1 aliphatic rings. The maximum Gasteiger partial charge on any atom is 0.303 e. The summed E-state index contributed by atoms with van der Waals surface area (Å²) in [4.78, 5) is 25.9. The van der Waals surface area contributed by atoms with Gasteiger partial charge in [-0.2, -0.15) is 0 Å². The van der Waals surface area contributed by atoms with Crippen molar-refractivity contribution in [3.05, 3.63) is 89.5 Å². The van der Waals surface area contributed by atoms with E-state index in [1.54, 1.807) is 4.90 Å². The van der Waals surface area contributed by atoms with Crippen molar-refractivity contribution in [2.24, 2.45) is 0 Å².